The molecule has 2 aromatic carbocycles. The lowest BCUT2D eigenvalue weighted by atomic mass is 10.1. The molecule has 0 spiro atoms. The topological polar surface area (TPSA) is 86.6 Å². The molecule has 8 heteroatoms. The van der Waals surface area contributed by atoms with Crippen LogP contribution in [0.15, 0.2) is 54.9 Å². The summed E-state index contributed by atoms with van der Waals surface area (Å²) in [7, 11) is 3.52. The average Bonchev–Trinajstić information content (AvgIpc) is 3.21. The summed E-state index contributed by atoms with van der Waals surface area (Å²) in [4.78, 5) is 17.1. The van der Waals surface area contributed by atoms with Gasteiger partial charge in [-0.1, -0.05) is 18.2 Å². The lowest BCUT2D eigenvalue weighted by Crippen LogP contribution is -2.38. The van der Waals surface area contributed by atoms with Gasteiger partial charge in [0.1, 0.15) is 30.8 Å². The first-order valence-corrected chi connectivity index (χ1v) is 9.68. The Morgan fingerprint density at radius 1 is 1.17 bits per heavy atom. The predicted molar refractivity (Wildman–Crippen MR) is 111 cm³/mol. The lowest BCUT2D eigenvalue weighted by molar-refractivity contribution is 0.171. The van der Waals surface area contributed by atoms with E-state index in [4.69, 9.17) is 14.2 Å². The van der Waals surface area contributed by atoms with Gasteiger partial charge < -0.3 is 29.4 Å². The number of imidazole rings is 1. The first-order chi connectivity index (χ1) is 14.6. The van der Waals surface area contributed by atoms with Gasteiger partial charge in [-0.05, 0) is 35.4 Å². The van der Waals surface area contributed by atoms with Crippen molar-refractivity contribution in [1.82, 2.24) is 20.2 Å². The Balaban J connectivity index is 1.46. The maximum atomic E-state index is 12.7. The highest BCUT2D eigenvalue weighted by Crippen LogP contribution is 2.30. The molecule has 0 saturated carbocycles. The van der Waals surface area contributed by atoms with E-state index in [9.17, 15) is 4.79 Å². The fourth-order valence-electron chi connectivity index (χ4n) is 3.31. The molecule has 156 valence electrons. The third kappa shape index (κ3) is 4.32. The van der Waals surface area contributed by atoms with Crippen molar-refractivity contribution in [3.8, 4) is 17.2 Å². The van der Waals surface area contributed by atoms with Crippen LogP contribution in [-0.2, 0) is 13.6 Å². The van der Waals surface area contributed by atoms with Crippen molar-refractivity contribution in [3.63, 3.8) is 0 Å². The van der Waals surface area contributed by atoms with Gasteiger partial charge in [-0.3, -0.25) is 0 Å². The number of methoxy groups -OCH3 is 1. The minimum atomic E-state index is -0.406. The number of nitrogens with zero attached hydrogens (tertiary/aromatic N) is 2. The van der Waals surface area contributed by atoms with Crippen molar-refractivity contribution in [2.24, 2.45) is 7.05 Å². The van der Waals surface area contributed by atoms with E-state index in [1.165, 1.54) is 0 Å². The molecule has 1 atom stereocenters. The molecular formula is C22H24N4O4. The number of hydrogen-bond donors (Lipinski definition) is 2. The molecule has 3 aromatic rings. The van der Waals surface area contributed by atoms with Crippen LogP contribution in [0.5, 0.6) is 17.2 Å². The van der Waals surface area contributed by atoms with Crippen LogP contribution in [0.25, 0.3) is 0 Å². The van der Waals surface area contributed by atoms with E-state index in [1.807, 2.05) is 60.3 Å². The number of nitrogens with one attached hydrogen (secondary N) is 2. The average molecular weight is 408 g/mol. The van der Waals surface area contributed by atoms with Gasteiger partial charge in [-0.15, -0.1) is 0 Å². The van der Waals surface area contributed by atoms with Crippen LogP contribution in [0, 0.1) is 0 Å². The number of benzene rings is 2. The molecule has 1 aromatic heterocycles. The summed E-state index contributed by atoms with van der Waals surface area (Å²) >= 11 is 0. The standard InChI is InChI=1S/C22H24N4O4/c1-26-10-9-23-21(26)20(16-4-6-17(28-2)7-5-16)25-22(27)24-14-15-3-8-18-19(13-15)30-12-11-29-18/h3-10,13,20H,11-12,14H2,1-2H3,(H2,24,25,27)/t20-/m1/s1. The van der Waals surface area contributed by atoms with Gasteiger partial charge in [0.15, 0.2) is 11.5 Å². The number of aromatic nitrogens is 2. The highest BCUT2D eigenvalue weighted by atomic mass is 16.6. The smallest absolute Gasteiger partial charge is 0.315 e. The van der Waals surface area contributed by atoms with Gasteiger partial charge in [-0.25, -0.2) is 9.78 Å². The Morgan fingerprint density at radius 3 is 2.63 bits per heavy atom. The van der Waals surface area contributed by atoms with Gasteiger partial charge in [0.2, 0.25) is 0 Å². The van der Waals surface area contributed by atoms with Crippen molar-refractivity contribution in [2.45, 2.75) is 12.6 Å². The Bertz CT molecular complexity index is 1020. The molecule has 8 nitrogen and oxygen atoms in total. The molecule has 2 N–H and O–H groups in total. The fourth-order valence-corrected chi connectivity index (χ4v) is 3.31. The number of ether oxygens (including phenoxy) is 3. The summed E-state index contributed by atoms with van der Waals surface area (Å²) in [6.07, 6.45) is 3.56. The number of fused-ring (bicyclic) bond motifs is 1. The quantitative estimate of drug-likeness (QED) is 0.655. The Hall–Kier alpha value is -3.68. The maximum Gasteiger partial charge on any atom is 0.315 e. The van der Waals surface area contributed by atoms with E-state index in [0.717, 1.165) is 28.5 Å². The maximum absolute atomic E-state index is 12.7. The van der Waals surface area contributed by atoms with Gasteiger partial charge in [0.25, 0.3) is 0 Å². The fraction of sp³-hybridized carbons (Fsp3) is 0.273. The Labute approximate surface area is 174 Å². The first kappa shape index (κ1) is 19.6. The molecule has 4 rings (SSSR count). The molecule has 0 unspecified atom stereocenters. The lowest BCUT2D eigenvalue weighted by Gasteiger charge is -2.21. The molecule has 0 aliphatic carbocycles. The summed E-state index contributed by atoms with van der Waals surface area (Å²) in [5.41, 5.74) is 1.83. The van der Waals surface area contributed by atoms with Crippen LogP contribution in [-0.4, -0.2) is 35.9 Å². The Kier molecular flexibility index (Phi) is 5.74. The number of rotatable bonds is 6. The van der Waals surface area contributed by atoms with Crippen molar-refractivity contribution >= 4 is 6.03 Å². The minimum Gasteiger partial charge on any atom is -0.497 e. The predicted octanol–water partition coefficient (Wildman–Crippen LogP) is 2.79. The second-order valence-corrected chi connectivity index (χ2v) is 6.91. The summed E-state index contributed by atoms with van der Waals surface area (Å²) in [5, 5.41) is 5.92. The third-order valence-electron chi connectivity index (χ3n) is 4.90. The van der Waals surface area contributed by atoms with Crippen LogP contribution < -0.4 is 24.8 Å². The van der Waals surface area contributed by atoms with E-state index in [2.05, 4.69) is 15.6 Å². The molecule has 0 bridgehead atoms. The van der Waals surface area contributed by atoms with Crippen molar-refractivity contribution < 1.29 is 19.0 Å². The zero-order chi connectivity index (χ0) is 20.9. The molecular weight excluding hydrogens is 384 g/mol. The van der Waals surface area contributed by atoms with Crippen molar-refractivity contribution in [3.05, 3.63) is 71.8 Å². The first-order valence-electron chi connectivity index (χ1n) is 9.68. The van der Waals surface area contributed by atoms with Gasteiger partial charge in [-0.2, -0.15) is 0 Å². The number of hydrogen-bond acceptors (Lipinski definition) is 5. The summed E-state index contributed by atoms with van der Waals surface area (Å²) < 4.78 is 18.2. The number of carbonyl (C=O) groups excluding carboxylic acids is 1. The van der Waals surface area contributed by atoms with E-state index < -0.39 is 6.04 Å². The third-order valence-corrected chi connectivity index (χ3v) is 4.90. The van der Waals surface area contributed by atoms with E-state index in [1.54, 1.807) is 13.3 Å². The number of aryl methyl sites for hydroxylation is 1. The van der Waals surface area contributed by atoms with Gasteiger partial charge >= 0.3 is 6.03 Å². The molecule has 0 fully saturated rings. The summed E-state index contributed by atoms with van der Waals surface area (Å²) in [6, 6.07) is 12.5. The second kappa shape index (κ2) is 8.77. The number of carbonyl (C=O) groups is 1. The molecule has 0 saturated heterocycles. The SMILES string of the molecule is COc1ccc([C@@H](NC(=O)NCc2ccc3c(c2)OCCO3)c2nccn2C)cc1. The van der Waals surface area contributed by atoms with Gasteiger partial charge in [0, 0.05) is 26.0 Å². The highest BCUT2D eigenvalue weighted by Gasteiger charge is 2.21. The van der Waals surface area contributed by atoms with Crippen LogP contribution in [0.2, 0.25) is 0 Å². The van der Waals surface area contributed by atoms with Crippen molar-refractivity contribution in [2.75, 3.05) is 20.3 Å². The molecule has 1 aliphatic rings. The van der Waals surface area contributed by atoms with Crippen LogP contribution in [0.4, 0.5) is 4.79 Å². The molecule has 2 heterocycles. The van der Waals surface area contributed by atoms with E-state index >= 15 is 0 Å². The van der Waals surface area contributed by atoms with E-state index in [0.29, 0.717) is 25.5 Å². The number of amides is 2. The molecule has 1 aliphatic heterocycles. The van der Waals surface area contributed by atoms with E-state index in [-0.39, 0.29) is 6.03 Å². The second-order valence-electron chi connectivity index (χ2n) is 6.91. The van der Waals surface area contributed by atoms with Crippen LogP contribution in [0.1, 0.15) is 23.0 Å². The zero-order valence-electron chi connectivity index (χ0n) is 16.9. The highest BCUT2D eigenvalue weighted by molar-refractivity contribution is 5.75. The number of urea groups is 1. The minimum absolute atomic E-state index is 0.297. The normalized spacial score (nSPS) is 13.4. The molecule has 2 amide bonds. The summed E-state index contributed by atoms with van der Waals surface area (Å²) in [5.74, 6) is 2.91. The zero-order valence-corrected chi connectivity index (χ0v) is 16.9. The molecule has 30 heavy (non-hydrogen) atoms. The summed E-state index contributed by atoms with van der Waals surface area (Å²) in [6.45, 7) is 1.43. The Morgan fingerprint density at radius 2 is 1.93 bits per heavy atom. The molecule has 0 radical (unpaired) electrons. The van der Waals surface area contributed by atoms with Crippen LogP contribution >= 0.6 is 0 Å². The largest absolute Gasteiger partial charge is 0.497 e. The van der Waals surface area contributed by atoms with Crippen LogP contribution in [0.3, 0.4) is 0 Å². The van der Waals surface area contributed by atoms with Crippen molar-refractivity contribution in [1.29, 1.82) is 0 Å². The van der Waals surface area contributed by atoms with Gasteiger partial charge in [0.05, 0.1) is 7.11 Å². The monoisotopic (exact) mass is 408 g/mol.